The Morgan fingerprint density at radius 2 is 1.88 bits per heavy atom. The van der Waals surface area contributed by atoms with Crippen molar-refractivity contribution in [1.29, 1.82) is 0 Å². The summed E-state index contributed by atoms with van der Waals surface area (Å²) in [6.45, 7) is 3.28. The molecule has 0 atom stereocenters. The van der Waals surface area contributed by atoms with Gasteiger partial charge in [-0.1, -0.05) is 0 Å². The Bertz CT molecular complexity index is 773. The molecule has 134 valence electrons. The number of ether oxygens (including phenoxy) is 2. The zero-order valence-electron chi connectivity index (χ0n) is 14.0. The topological polar surface area (TPSA) is 81.6 Å². The van der Waals surface area contributed by atoms with Crippen LogP contribution in [-0.4, -0.2) is 48.5 Å². The molecule has 2 heterocycles. The summed E-state index contributed by atoms with van der Waals surface area (Å²) in [6.07, 6.45) is 4.26. The number of sulfonamides is 1. The molecule has 0 bridgehead atoms. The third-order valence-corrected chi connectivity index (χ3v) is 5.93. The van der Waals surface area contributed by atoms with E-state index in [0.717, 1.165) is 0 Å². The third kappa shape index (κ3) is 4.26. The molecule has 1 aromatic heterocycles. The van der Waals surface area contributed by atoms with E-state index in [9.17, 15) is 8.42 Å². The quantitative estimate of drug-likeness (QED) is 0.782. The normalized spacial score (nSPS) is 16.5. The van der Waals surface area contributed by atoms with Crippen LogP contribution in [0.2, 0.25) is 0 Å². The Morgan fingerprint density at radius 1 is 1.16 bits per heavy atom. The first kappa shape index (κ1) is 17.6. The highest BCUT2D eigenvalue weighted by molar-refractivity contribution is 7.89. The second-order valence-electron chi connectivity index (χ2n) is 5.67. The Kier molecular flexibility index (Phi) is 5.50. The summed E-state index contributed by atoms with van der Waals surface area (Å²) >= 11 is 0. The van der Waals surface area contributed by atoms with Gasteiger partial charge in [0.05, 0.1) is 11.5 Å². The summed E-state index contributed by atoms with van der Waals surface area (Å²) in [5.74, 6) is 1.18. The number of hydrogen-bond acceptors (Lipinski definition) is 6. The van der Waals surface area contributed by atoms with E-state index in [2.05, 4.69) is 9.97 Å². The van der Waals surface area contributed by atoms with Crippen LogP contribution in [0.25, 0.3) is 0 Å². The van der Waals surface area contributed by atoms with Gasteiger partial charge in [0.25, 0.3) is 0 Å². The molecule has 3 rings (SSSR count). The molecule has 1 aliphatic rings. The first-order valence-corrected chi connectivity index (χ1v) is 9.69. The molecule has 0 saturated carbocycles. The number of rotatable bonds is 6. The first-order valence-electron chi connectivity index (χ1n) is 8.25. The van der Waals surface area contributed by atoms with Gasteiger partial charge in [-0.05, 0) is 44.0 Å². The summed E-state index contributed by atoms with van der Waals surface area (Å²) in [5.41, 5.74) is 0. The average molecular weight is 363 g/mol. The van der Waals surface area contributed by atoms with Gasteiger partial charge in [0, 0.05) is 25.4 Å². The predicted octanol–water partition coefficient (Wildman–Crippen LogP) is 2.11. The Hall–Kier alpha value is -2.19. The van der Waals surface area contributed by atoms with Crippen LogP contribution in [0.15, 0.2) is 47.8 Å². The van der Waals surface area contributed by atoms with Crippen molar-refractivity contribution >= 4 is 10.0 Å². The van der Waals surface area contributed by atoms with Crippen LogP contribution in [0.4, 0.5) is 0 Å². The molecule has 0 unspecified atom stereocenters. The minimum absolute atomic E-state index is 0.0401. The van der Waals surface area contributed by atoms with Crippen molar-refractivity contribution in [2.45, 2.75) is 30.8 Å². The Labute approximate surface area is 147 Å². The molecule has 2 aromatic rings. The van der Waals surface area contributed by atoms with Crippen molar-refractivity contribution in [3.8, 4) is 11.6 Å². The van der Waals surface area contributed by atoms with E-state index in [4.69, 9.17) is 9.47 Å². The lowest BCUT2D eigenvalue weighted by Gasteiger charge is -2.31. The zero-order valence-corrected chi connectivity index (χ0v) is 14.9. The number of nitrogens with zero attached hydrogens (tertiary/aromatic N) is 3. The van der Waals surface area contributed by atoms with Crippen molar-refractivity contribution in [2.75, 3.05) is 19.7 Å². The fraction of sp³-hybridized carbons (Fsp3) is 0.412. The standard InChI is InChI=1S/C17H21N3O4S/c1-2-23-14-3-5-16(6-4-14)25(21,22)20-11-8-15(9-12-20)24-17-7-10-18-13-19-17/h3-7,10,13,15H,2,8-9,11-12H2,1H3. The lowest BCUT2D eigenvalue weighted by atomic mass is 10.1. The average Bonchev–Trinajstić information content (AvgIpc) is 2.64. The van der Waals surface area contributed by atoms with E-state index in [1.807, 2.05) is 6.92 Å². The molecular weight excluding hydrogens is 342 g/mol. The van der Waals surface area contributed by atoms with Gasteiger partial charge in [0.15, 0.2) is 0 Å². The van der Waals surface area contributed by atoms with E-state index in [1.165, 1.54) is 10.6 Å². The van der Waals surface area contributed by atoms with E-state index in [0.29, 0.717) is 44.2 Å². The van der Waals surface area contributed by atoms with Crippen LogP contribution in [-0.2, 0) is 10.0 Å². The van der Waals surface area contributed by atoms with E-state index < -0.39 is 10.0 Å². The second-order valence-corrected chi connectivity index (χ2v) is 7.61. The van der Waals surface area contributed by atoms with Crippen molar-refractivity contribution in [2.24, 2.45) is 0 Å². The van der Waals surface area contributed by atoms with Gasteiger partial charge in [0.1, 0.15) is 18.2 Å². The largest absolute Gasteiger partial charge is 0.494 e. The highest BCUT2D eigenvalue weighted by Crippen LogP contribution is 2.24. The predicted molar refractivity (Wildman–Crippen MR) is 92.1 cm³/mol. The minimum Gasteiger partial charge on any atom is -0.494 e. The smallest absolute Gasteiger partial charge is 0.243 e. The minimum atomic E-state index is -3.49. The van der Waals surface area contributed by atoms with Gasteiger partial charge < -0.3 is 9.47 Å². The van der Waals surface area contributed by atoms with Crippen molar-refractivity contribution in [3.05, 3.63) is 42.9 Å². The van der Waals surface area contributed by atoms with Crippen LogP contribution in [0, 0.1) is 0 Å². The third-order valence-electron chi connectivity index (χ3n) is 4.02. The molecular formula is C17H21N3O4S. The summed E-state index contributed by atoms with van der Waals surface area (Å²) in [5, 5.41) is 0. The highest BCUT2D eigenvalue weighted by Gasteiger charge is 2.30. The number of aromatic nitrogens is 2. The van der Waals surface area contributed by atoms with Crippen molar-refractivity contribution in [1.82, 2.24) is 14.3 Å². The van der Waals surface area contributed by atoms with E-state index in [1.54, 1.807) is 36.5 Å². The molecule has 0 radical (unpaired) electrons. The van der Waals surface area contributed by atoms with Crippen LogP contribution < -0.4 is 9.47 Å². The summed E-state index contributed by atoms with van der Waals surface area (Å²) in [7, 11) is -3.49. The van der Waals surface area contributed by atoms with E-state index in [-0.39, 0.29) is 11.0 Å². The summed E-state index contributed by atoms with van der Waals surface area (Å²) < 4.78 is 38.1. The van der Waals surface area contributed by atoms with Gasteiger partial charge in [-0.25, -0.2) is 18.4 Å². The molecule has 0 amide bonds. The molecule has 0 N–H and O–H groups in total. The fourth-order valence-electron chi connectivity index (χ4n) is 2.73. The van der Waals surface area contributed by atoms with Crippen LogP contribution in [0.1, 0.15) is 19.8 Å². The molecule has 0 aliphatic carbocycles. The van der Waals surface area contributed by atoms with Crippen LogP contribution in [0.5, 0.6) is 11.6 Å². The first-order chi connectivity index (χ1) is 12.1. The molecule has 1 aromatic carbocycles. The zero-order chi connectivity index (χ0) is 17.7. The molecule has 7 nitrogen and oxygen atoms in total. The summed E-state index contributed by atoms with van der Waals surface area (Å²) in [4.78, 5) is 8.16. The van der Waals surface area contributed by atoms with Crippen LogP contribution in [0.3, 0.4) is 0 Å². The molecule has 0 spiro atoms. The van der Waals surface area contributed by atoms with Gasteiger partial charge in [-0.2, -0.15) is 4.31 Å². The SMILES string of the molecule is CCOc1ccc(S(=O)(=O)N2CCC(Oc3ccncn3)CC2)cc1. The van der Waals surface area contributed by atoms with Gasteiger partial charge in [0.2, 0.25) is 15.9 Å². The number of piperidine rings is 1. The second kappa shape index (κ2) is 7.79. The maximum absolute atomic E-state index is 12.7. The Morgan fingerprint density at radius 3 is 2.48 bits per heavy atom. The number of benzene rings is 1. The van der Waals surface area contributed by atoms with Crippen LogP contribution >= 0.6 is 0 Å². The van der Waals surface area contributed by atoms with E-state index >= 15 is 0 Å². The molecule has 25 heavy (non-hydrogen) atoms. The monoisotopic (exact) mass is 363 g/mol. The fourth-order valence-corrected chi connectivity index (χ4v) is 4.20. The molecule has 1 aliphatic heterocycles. The van der Waals surface area contributed by atoms with Gasteiger partial charge in [-0.3, -0.25) is 0 Å². The van der Waals surface area contributed by atoms with Gasteiger partial charge >= 0.3 is 0 Å². The Balaban J connectivity index is 1.61. The lowest BCUT2D eigenvalue weighted by Crippen LogP contribution is -2.41. The van der Waals surface area contributed by atoms with Gasteiger partial charge in [-0.15, -0.1) is 0 Å². The van der Waals surface area contributed by atoms with Crippen molar-refractivity contribution in [3.63, 3.8) is 0 Å². The van der Waals surface area contributed by atoms with Crippen molar-refractivity contribution < 1.29 is 17.9 Å². The maximum atomic E-state index is 12.7. The summed E-state index contributed by atoms with van der Waals surface area (Å²) in [6, 6.07) is 8.24. The number of hydrogen-bond donors (Lipinski definition) is 0. The lowest BCUT2D eigenvalue weighted by molar-refractivity contribution is 0.129. The maximum Gasteiger partial charge on any atom is 0.243 e. The highest BCUT2D eigenvalue weighted by atomic mass is 32.2. The molecule has 8 heteroatoms. The molecule has 1 saturated heterocycles. The molecule has 1 fully saturated rings.